The van der Waals surface area contributed by atoms with Crippen molar-refractivity contribution in [2.24, 2.45) is 0 Å². The molecule has 13 heteroatoms. The predicted molar refractivity (Wildman–Crippen MR) is 151 cm³/mol. The number of amides is 4. The lowest BCUT2D eigenvalue weighted by Gasteiger charge is -2.36. The van der Waals surface area contributed by atoms with Crippen LogP contribution >= 0.6 is 0 Å². The maximum Gasteiger partial charge on any atom is 0.236 e. The van der Waals surface area contributed by atoms with Crippen LogP contribution in [0.2, 0.25) is 0 Å². The average Bonchev–Trinajstić information content (AvgIpc) is 2.87. The number of hydrogen-bond acceptors (Lipinski definition) is 9. The van der Waals surface area contributed by atoms with E-state index in [0.717, 1.165) is 6.42 Å². The van der Waals surface area contributed by atoms with Crippen molar-refractivity contribution < 1.29 is 24.3 Å². The third kappa shape index (κ3) is 13.1. The van der Waals surface area contributed by atoms with E-state index in [4.69, 9.17) is 0 Å². The molecule has 1 fully saturated rings. The van der Waals surface area contributed by atoms with Crippen molar-refractivity contribution in [3.63, 3.8) is 0 Å². The average molecular weight is 557 g/mol. The van der Waals surface area contributed by atoms with Crippen molar-refractivity contribution in [3.05, 3.63) is 0 Å². The Labute approximate surface area is 234 Å². The van der Waals surface area contributed by atoms with Gasteiger partial charge in [-0.15, -0.1) is 0 Å². The highest BCUT2D eigenvalue weighted by molar-refractivity contribution is 5.79. The Hall–Kier alpha value is -2.32. The number of carbonyl (C=O) groups is 4. The summed E-state index contributed by atoms with van der Waals surface area (Å²) in [4.78, 5) is 64.8. The fourth-order valence-electron chi connectivity index (χ4n) is 4.14. The first-order valence-corrected chi connectivity index (χ1v) is 13.6. The molecule has 1 N–H and O–H groups in total. The summed E-state index contributed by atoms with van der Waals surface area (Å²) in [6.45, 7) is 4.37. The topological polar surface area (TPSA) is 114 Å². The molecule has 0 bridgehead atoms. The van der Waals surface area contributed by atoms with Gasteiger partial charge in [0.1, 0.15) is 0 Å². The minimum absolute atomic E-state index is 0.00326. The maximum absolute atomic E-state index is 12.7. The molecule has 1 aliphatic rings. The Balaban J connectivity index is 3.32. The van der Waals surface area contributed by atoms with Gasteiger partial charge in [0.2, 0.25) is 23.6 Å². The van der Waals surface area contributed by atoms with Crippen molar-refractivity contribution >= 4 is 23.6 Å². The highest BCUT2D eigenvalue weighted by Gasteiger charge is 2.27. The number of rotatable bonds is 9. The third-order valence-corrected chi connectivity index (χ3v) is 6.99. The third-order valence-electron chi connectivity index (χ3n) is 6.99. The Kier molecular flexibility index (Phi) is 15.5. The first-order chi connectivity index (χ1) is 18.2. The van der Waals surface area contributed by atoms with Crippen LogP contribution in [-0.4, -0.2) is 209 Å². The summed E-state index contributed by atoms with van der Waals surface area (Å²) in [5.41, 5.74) is 0. The lowest BCUT2D eigenvalue weighted by molar-refractivity contribution is -0.133. The molecule has 1 atom stereocenters. The zero-order chi connectivity index (χ0) is 29.7. The van der Waals surface area contributed by atoms with Crippen molar-refractivity contribution in [3.8, 4) is 0 Å². The second kappa shape index (κ2) is 17.4. The predicted octanol–water partition coefficient (Wildman–Crippen LogP) is -2.69. The Morgan fingerprint density at radius 2 is 0.923 bits per heavy atom. The van der Waals surface area contributed by atoms with Gasteiger partial charge in [-0.05, 0) is 19.5 Å². The molecular weight excluding hydrogens is 504 g/mol. The van der Waals surface area contributed by atoms with Gasteiger partial charge in [0.25, 0.3) is 0 Å². The van der Waals surface area contributed by atoms with E-state index in [1.807, 2.05) is 9.80 Å². The molecule has 0 saturated carbocycles. The van der Waals surface area contributed by atoms with E-state index in [1.165, 1.54) is 9.80 Å². The minimum Gasteiger partial charge on any atom is -0.395 e. The molecule has 0 aromatic heterocycles. The maximum atomic E-state index is 12.7. The largest absolute Gasteiger partial charge is 0.395 e. The minimum atomic E-state index is -0.395. The van der Waals surface area contributed by atoms with E-state index in [9.17, 15) is 24.3 Å². The first-order valence-electron chi connectivity index (χ1n) is 13.6. The molecule has 39 heavy (non-hydrogen) atoms. The number of nitrogens with zero attached hydrogens (tertiary/aromatic N) is 8. The number of aliphatic hydroxyl groups is 1. The van der Waals surface area contributed by atoms with E-state index in [2.05, 4.69) is 9.80 Å². The van der Waals surface area contributed by atoms with Crippen LogP contribution in [0, 0.1) is 0 Å². The van der Waals surface area contributed by atoms with Crippen molar-refractivity contribution in [2.45, 2.75) is 12.5 Å². The molecule has 4 amide bonds. The quantitative estimate of drug-likeness (QED) is 0.324. The van der Waals surface area contributed by atoms with E-state index in [-0.39, 0.29) is 56.4 Å². The molecule has 0 radical (unpaired) electrons. The molecule has 1 unspecified atom stereocenters. The lowest BCUT2D eigenvalue weighted by Crippen LogP contribution is -2.53. The molecular formula is C26H52N8O5. The Morgan fingerprint density at radius 3 is 1.33 bits per heavy atom. The van der Waals surface area contributed by atoms with Gasteiger partial charge in [0, 0.05) is 95.1 Å². The van der Waals surface area contributed by atoms with Gasteiger partial charge in [0.05, 0.1) is 32.8 Å². The van der Waals surface area contributed by atoms with Crippen LogP contribution in [0.1, 0.15) is 6.42 Å². The zero-order valence-electron chi connectivity index (χ0n) is 25.4. The molecule has 226 valence electrons. The molecule has 0 aromatic carbocycles. The van der Waals surface area contributed by atoms with Gasteiger partial charge in [-0.3, -0.25) is 38.8 Å². The normalized spacial score (nSPS) is 19.4. The van der Waals surface area contributed by atoms with E-state index >= 15 is 0 Å². The molecule has 1 aliphatic heterocycles. The number of hydrogen-bond donors (Lipinski definition) is 1. The first kappa shape index (κ1) is 34.7. The van der Waals surface area contributed by atoms with E-state index in [1.54, 1.807) is 66.2 Å². The molecule has 13 nitrogen and oxygen atoms in total. The highest BCUT2D eigenvalue weighted by atomic mass is 16.3. The molecule has 1 saturated heterocycles. The van der Waals surface area contributed by atoms with Crippen molar-refractivity contribution in [1.29, 1.82) is 0 Å². The van der Waals surface area contributed by atoms with Gasteiger partial charge in [0.15, 0.2) is 0 Å². The van der Waals surface area contributed by atoms with Crippen LogP contribution in [0.15, 0.2) is 0 Å². The molecule has 1 heterocycles. The van der Waals surface area contributed by atoms with Crippen LogP contribution < -0.4 is 0 Å². The van der Waals surface area contributed by atoms with Crippen molar-refractivity contribution in [1.82, 2.24) is 39.2 Å². The molecule has 0 aromatic rings. The SMILES string of the molecule is CN(C)C(=O)CN1CCCN(CC(=O)N(C)C)CCN(CC(=O)N(C)C)C(CO)CN(CC(=O)N(C)C)CC1. The van der Waals surface area contributed by atoms with Crippen LogP contribution in [0.25, 0.3) is 0 Å². The highest BCUT2D eigenvalue weighted by Crippen LogP contribution is 2.09. The summed E-state index contributed by atoms with van der Waals surface area (Å²) >= 11 is 0. The van der Waals surface area contributed by atoms with Crippen LogP contribution in [0.5, 0.6) is 0 Å². The van der Waals surface area contributed by atoms with Gasteiger partial charge in [-0.1, -0.05) is 0 Å². The van der Waals surface area contributed by atoms with Gasteiger partial charge >= 0.3 is 0 Å². The Morgan fingerprint density at radius 1 is 0.564 bits per heavy atom. The van der Waals surface area contributed by atoms with Gasteiger partial charge in [-0.2, -0.15) is 0 Å². The smallest absolute Gasteiger partial charge is 0.236 e. The lowest BCUT2D eigenvalue weighted by atomic mass is 10.2. The van der Waals surface area contributed by atoms with Crippen LogP contribution in [0.3, 0.4) is 0 Å². The summed E-state index contributed by atoms with van der Waals surface area (Å²) < 4.78 is 0. The van der Waals surface area contributed by atoms with Gasteiger partial charge < -0.3 is 24.7 Å². The molecule has 0 aliphatic carbocycles. The van der Waals surface area contributed by atoms with Gasteiger partial charge in [-0.25, -0.2) is 0 Å². The standard InChI is InChI=1S/C26H52N8O5/c1-27(2)23(36)17-31-10-9-11-32(18-24(37)28(3)4)14-15-34(20-26(39)30(7)8)22(21-35)16-33(13-12-31)19-25(38)29(5)6/h22,35H,9-21H2,1-8H3. The fourth-order valence-corrected chi connectivity index (χ4v) is 4.14. The fraction of sp³-hybridized carbons (Fsp3) is 0.846. The number of carbonyl (C=O) groups excluding carboxylic acids is 4. The molecule has 0 spiro atoms. The summed E-state index contributed by atoms with van der Waals surface area (Å²) in [7, 11) is 13.7. The summed E-state index contributed by atoms with van der Waals surface area (Å²) in [5.74, 6) is -0.160. The van der Waals surface area contributed by atoms with Crippen LogP contribution in [0.4, 0.5) is 0 Å². The number of aliphatic hydroxyl groups excluding tert-OH is 1. The van der Waals surface area contributed by atoms with E-state index in [0.29, 0.717) is 45.8 Å². The number of likely N-dealkylation sites (N-methyl/N-ethyl adjacent to an activating group) is 4. The van der Waals surface area contributed by atoms with Crippen LogP contribution in [-0.2, 0) is 19.2 Å². The summed E-state index contributed by atoms with van der Waals surface area (Å²) in [5, 5.41) is 10.4. The van der Waals surface area contributed by atoms with E-state index < -0.39 is 6.04 Å². The monoisotopic (exact) mass is 556 g/mol. The summed E-state index contributed by atoms with van der Waals surface area (Å²) in [6, 6.07) is -0.395. The second-order valence-corrected chi connectivity index (χ2v) is 11.1. The molecule has 1 rings (SSSR count). The second-order valence-electron chi connectivity index (χ2n) is 11.1. The zero-order valence-corrected chi connectivity index (χ0v) is 25.4. The Bertz CT molecular complexity index is 792. The van der Waals surface area contributed by atoms with Crippen molar-refractivity contribution in [2.75, 3.05) is 135 Å². The summed E-state index contributed by atoms with van der Waals surface area (Å²) in [6.07, 6.45) is 0.748.